The molecule has 2 unspecified atom stereocenters. The molecule has 2 amide bonds. The van der Waals surface area contributed by atoms with Crippen LogP contribution in [0, 0.1) is 0 Å². The van der Waals surface area contributed by atoms with Crippen molar-refractivity contribution in [2.24, 2.45) is 0 Å². The average molecular weight is 1430 g/mol. The van der Waals surface area contributed by atoms with E-state index in [0.717, 1.165) is 57.9 Å². The smallest absolute Gasteiger partial charge is 0.462 e. The molecule has 0 spiro atoms. The van der Waals surface area contributed by atoms with Crippen LogP contribution in [0.25, 0.3) is 21.5 Å². The summed E-state index contributed by atoms with van der Waals surface area (Å²) in [7, 11) is -2.54. The summed E-state index contributed by atoms with van der Waals surface area (Å²) < 4.78 is 42.0. The van der Waals surface area contributed by atoms with E-state index in [4.69, 9.17) is 23.3 Å². The lowest BCUT2D eigenvalue weighted by Gasteiger charge is -2.27. The van der Waals surface area contributed by atoms with E-state index < -0.39 is 45.2 Å². The van der Waals surface area contributed by atoms with Gasteiger partial charge in [0.15, 0.2) is 11.8 Å². The van der Waals surface area contributed by atoms with E-state index in [0.29, 0.717) is 25.7 Å². The molecule has 3 N–H and O–H groups in total. The zero-order valence-electron chi connectivity index (χ0n) is 63.8. The Hall–Kier alpha value is -6.38. The zero-order chi connectivity index (χ0) is 73.1. The minimum atomic E-state index is -4.69. The van der Waals surface area contributed by atoms with Crippen molar-refractivity contribution < 1.29 is 56.5 Å². The number of rotatable bonds is 55. The van der Waals surface area contributed by atoms with Gasteiger partial charge in [0.05, 0.1) is 25.2 Å². The lowest BCUT2D eigenvalue weighted by atomic mass is 9.79. The van der Waals surface area contributed by atoms with Crippen LogP contribution in [0.5, 0.6) is 0 Å². The minimum Gasteiger partial charge on any atom is -0.462 e. The molecule has 0 bridgehead atoms. The van der Waals surface area contributed by atoms with Gasteiger partial charge in [0.1, 0.15) is 20.3 Å². The monoisotopic (exact) mass is 1430 g/mol. The fraction of sp³-hybridized carbons (Fsp3) is 0.616. The molecule has 6 rings (SSSR count). The Bertz CT molecular complexity index is 3370. The third-order valence-electron chi connectivity index (χ3n) is 20.3. The van der Waals surface area contributed by atoms with E-state index in [2.05, 4.69) is 184 Å². The maximum atomic E-state index is 13.0. The van der Waals surface area contributed by atoms with Gasteiger partial charge >= 0.3 is 25.9 Å². The molecule has 15 nitrogen and oxygen atoms in total. The molecule has 0 aliphatic carbocycles. The van der Waals surface area contributed by atoms with Crippen LogP contribution in [0.15, 0.2) is 121 Å². The summed E-state index contributed by atoms with van der Waals surface area (Å²) in [5.41, 5.74) is 7.20. The van der Waals surface area contributed by atoms with E-state index in [9.17, 15) is 28.6 Å². The Morgan fingerprint density at radius 1 is 0.510 bits per heavy atom. The number of unbranched alkanes of at least 4 members (excludes halogenated alkanes) is 30. The van der Waals surface area contributed by atoms with Crippen LogP contribution in [0.1, 0.15) is 284 Å². The number of hydrogen-bond acceptors (Lipinski definition) is 11. The van der Waals surface area contributed by atoms with Crippen LogP contribution < -0.4 is 15.5 Å². The van der Waals surface area contributed by atoms with Crippen LogP contribution in [0.2, 0.25) is 0 Å². The molecule has 2 heterocycles. The number of carbonyl (C=O) groups excluding carboxylic acids is 4. The molecular formula is C86H130N4O11P+. The number of amides is 2. The second-order valence-electron chi connectivity index (χ2n) is 29.4. The highest BCUT2D eigenvalue weighted by atomic mass is 31.2. The average Bonchev–Trinajstić information content (AvgIpc) is 1.58. The highest BCUT2D eigenvalue weighted by molar-refractivity contribution is 7.47. The van der Waals surface area contributed by atoms with Crippen molar-refractivity contribution >= 4 is 70.4 Å². The number of phosphoric ester groups is 1. The van der Waals surface area contributed by atoms with Crippen molar-refractivity contribution in [1.29, 1.82) is 0 Å². The molecule has 2 atom stereocenters. The van der Waals surface area contributed by atoms with E-state index in [-0.39, 0.29) is 55.9 Å². The molecule has 0 aromatic heterocycles. The fourth-order valence-corrected chi connectivity index (χ4v) is 15.3. The van der Waals surface area contributed by atoms with E-state index in [1.54, 1.807) is 0 Å². The lowest BCUT2D eigenvalue weighted by Crippen LogP contribution is -2.32. The zero-order valence-corrected chi connectivity index (χ0v) is 64.7. The Morgan fingerprint density at radius 3 is 1.57 bits per heavy atom. The predicted octanol–water partition coefficient (Wildman–Crippen LogP) is 21.9. The van der Waals surface area contributed by atoms with Crippen LogP contribution >= 0.6 is 7.82 Å². The predicted molar refractivity (Wildman–Crippen MR) is 420 cm³/mol. The standard InChI is InChI=1S/C86H129N4O11P/c1-8-10-12-14-16-18-20-22-24-26-28-30-32-37-43-57-80(92)98-68-72(101-81(93)58-44-38-33-31-29-27-25-23-21-19-17-15-13-11-9-2)69-100-102(95,96)99-67-64-88-84(94)97-66-63-87-79(91)56-42-39-49-65-90-76-62-60-71-51-46-48-53-74(71)83(76)86(5,6)78(90)55-41-36-34-35-40-54-77-85(3,4)82-73-52-47-45-50-70(73)59-61-75(82)89(77)7/h34-36,40-41,45-48,50-55,59-62,72H,8-33,37-39,42-44,49,56-58,63-69H2,1-7H3,(H2-,87,88,91,94,95,96)/p+1. The molecule has 2 aliphatic heterocycles. The topological polar surface area (TPSA) is 182 Å². The highest BCUT2D eigenvalue weighted by Gasteiger charge is 2.44. The SMILES string of the molecule is CCCCCCCCCCCCCCCCCC(=O)OCC(COP(=O)(O)OCCNC(=O)OCCNC(=O)CCCCCN1\C(=C/C=C/C=C/C=C/C2=[N+](C)c3ccc4ccccc4c3C2(C)C)C(C)(C)c2c1ccc1ccccc21)OC(=O)CCCCCCCCCCCCCCCCC. The summed E-state index contributed by atoms with van der Waals surface area (Å²) in [5, 5.41) is 10.3. The number of nitrogens with one attached hydrogen (secondary N) is 2. The molecule has 2 aliphatic rings. The van der Waals surface area contributed by atoms with Gasteiger partial charge in [0, 0.05) is 66.9 Å². The quantitative estimate of drug-likeness (QED) is 0.00951. The molecule has 102 heavy (non-hydrogen) atoms. The number of allylic oxidation sites excluding steroid dienone is 8. The number of phosphoric acid groups is 1. The second kappa shape index (κ2) is 47.9. The van der Waals surface area contributed by atoms with Gasteiger partial charge in [-0.1, -0.05) is 299 Å². The summed E-state index contributed by atoms with van der Waals surface area (Å²) in [5.74, 6) is -1.07. The van der Waals surface area contributed by atoms with E-state index in [1.165, 1.54) is 197 Å². The summed E-state index contributed by atoms with van der Waals surface area (Å²) in [4.78, 5) is 64.2. The van der Waals surface area contributed by atoms with Gasteiger partial charge in [-0.3, -0.25) is 23.4 Å². The van der Waals surface area contributed by atoms with Gasteiger partial charge in [-0.15, -0.1) is 0 Å². The first-order chi connectivity index (χ1) is 49.5. The molecular weight excluding hydrogens is 1300 g/mol. The number of anilines is 1. The van der Waals surface area contributed by atoms with Gasteiger partial charge < -0.3 is 34.6 Å². The molecule has 0 saturated carbocycles. The number of esters is 2. The first-order valence-electron chi connectivity index (χ1n) is 39.8. The van der Waals surface area contributed by atoms with Crippen molar-refractivity contribution in [3.63, 3.8) is 0 Å². The number of nitrogens with zero attached hydrogens (tertiary/aromatic N) is 2. The van der Waals surface area contributed by atoms with Crippen LogP contribution in [-0.4, -0.2) is 98.3 Å². The number of ether oxygens (including phenoxy) is 3. The van der Waals surface area contributed by atoms with Gasteiger partial charge in [-0.25, -0.2) is 9.36 Å². The van der Waals surface area contributed by atoms with Crippen molar-refractivity contribution in [1.82, 2.24) is 10.6 Å². The van der Waals surface area contributed by atoms with Gasteiger partial charge in [-0.05, 0) is 84.8 Å². The summed E-state index contributed by atoms with van der Waals surface area (Å²) in [6.45, 7) is 13.1. The number of hydrogen-bond donors (Lipinski definition) is 3. The third kappa shape index (κ3) is 30.0. The maximum absolute atomic E-state index is 13.0. The van der Waals surface area contributed by atoms with Crippen molar-refractivity contribution in [2.45, 2.75) is 290 Å². The van der Waals surface area contributed by atoms with Gasteiger partial charge in [0.2, 0.25) is 11.6 Å². The van der Waals surface area contributed by atoms with Crippen molar-refractivity contribution in [3.05, 3.63) is 132 Å². The Labute approximate surface area is 614 Å². The van der Waals surface area contributed by atoms with Crippen molar-refractivity contribution in [3.8, 4) is 0 Å². The molecule has 16 heteroatoms. The molecule has 0 radical (unpaired) electrons. The first kappa shape index (κ1) is 84.6. The first-order valence-corrected chi connectivity index (χ1v) is 41.3. The Kier molecular flexibility index (Phi) is 39.7. The Morgan fingerprint density at radius 2 is 0.990 bits per heavy atom. The van der Waals surface area contributed by atoms with Gasteiger partial charge in [0.25, 0.3) is 0 Å². The normalized spacial score (nSPS) is 15.3. The number of fused-ring (bicyclic) bond motifs is 6. The molecule has 0 saturated heterocycles. The van der Waals surface area contributed by atoms with E-state index in [1.807, 2.05) is 0 Å². The van der Waals surface area contributed by atoms with Crippen LogP contribution in [0.3, 0.4) is 0 Å². The van der Waals surface area contributed by atoms with Crippen LogP contribution in [-0.2, 0) is 53.0 Å². The van der Waals surface area contributed by atoms with Crippen molar-refractivity contribution in [2.75, 3.05) is 58.0 Å². The highest BCUT2D eigenvalue weighted by Crippen LogP contribution is 2.51. The Balaban J connectivity index is 0.856. The summed E-state index contributed by atoms with van der Waals surface area (Å²) in [6.07, 6.45) is 52.6. The second-order valence-corrected chi connectivity index (χ2v) is 30.9. The molecule has 0 fully saturated rings. The van der Waals surface area contributed by atoms with Crippen LogP contribution in [0.4, 0.5) is 16.2 Å². The third-order valence-corrected chi connectivity index (χ3v) is 21.3. The maximum Gasteiger partial charge on any atom is 0.472 e. The summed E-state index contributed by atoms with van der Waals surface area (Å²) >= 11 is 0. The molecule has 4 aromatic carbocycles. The minimum absolute atomic E-state index is 0.0823. The number of carbonyl (C=O) groups is 4. The van der Waals surface area contributed by atoms with E-state index >= 15 is 0 Å². The largest absolute Gasteiger partial charge is 0.472 e. The van der Waals surface area contributed by atoms with Gasteiger partial charge in [-0.2, -0.15) is 4.58 Å². The molecule has 564 valence electrons. The fourth-order valence-electron chi connectivity index (χ4n) is 14.6. The lowest BCUT2D eigenvalue weighted by molar-refractivity contribution is -0.401. The molecule has 4 aromatic rings. The summed E-state index contributed by atoms with van der Waals surface area (Å²) in [6, 6.07) is 26.1. The number of alkyl carbamates (subject to hydrolysis) is 1. The number of benzene rings is 4.